The Morgan fingerprint density at radius 2 is 1.63 bits per heavy atom. The van der Waals surface area contributed by atoms with Crippen LogP contribution in [0.4, 0.5) is 0 Å². The fourth-order valence-corrected chi connectivity index (χ4v) is 4.13. The van der Waals surface area contributed by atoms with Crippen molar-refractivity contribution < 1.29 is 4.74 Å². The van der Waals surface area contributed by atoms with Gasteiger partial charge in [0.15, 0.2) is 0 Å². The van der Waals surface area contributed by atoms with E-state index in [1.165, 1.54) is 11.6 Å². The Labute approximate surface area is 120 Å². The van der Waals surface area contributed by atoms with Crippen LogP contribution in [0.5, 0.6) is 5.75 Å². The van der Waals surface area contributed by atoms with Gasteiger partial charge in [-0.05, 0) is 42.5 Å². The number of hydrogen-bond acceptors (Lipinski definition) is 1. The molecule has 1 rings (SSSR count). The van der Waals surface area contributed by atoms with Gasteiger partial charge in [-0.2, -0.15) is 0 Å². The van der Waals surface area contributed by atoms with Crippen molar-refractivity contribution in [1.29, 1.82) is 0 Å². The van der Waals surface area contributed by atoms with E-state index in [1.807, 2.05) is 0 Å². The summed E-state index contributed by atoms with van der Waals surface area (Å²) in [5, 5.41) is 0. The summed E-state index contributed by atoms with van der Waals surface area (Å²) in [5.41, 5.74) is 1.64. The standard InChI is InChI=1S/C17H30OSi/c1-8-17(3,4)15-9-11-16(12-10-15)18-14(2)13-19(5,6)7/h9-12,14H,8,13H2,1-7H3. The normalized spacial score (nSPS) is 14.3. The molecule has 2 heteroatoms. The molecular formula is C17H30OSi. The summed E-state index contributed by atoms with van der Waals surface area (Å²) in [6.45, 7) is 16.2. The van der Waals surface area contributed by atoms with Crippen molar-refractivity contribution in [3.8, 4) is 5.75 Å². The van der Waals surface area contributed by atoms with Crippen molar-refractivity contribution in [2.24, 2.45) is 0 Å². The quantitative estimate of drug-likeness (QED) is 0.626. The third kappa shape index (κ3) is 5.39. The van der Waals surface area contributed by atoms with Gasteiger partial charge in [0.05, 0.1) is 6.10 Å². The first-order chi connectivity index (χ1) is 8.64. The predicted octanol–water partition coefficient (Wildman–Crippen LogP) is 5.48. The van der Waals surface area contributed by atoms with Crippen molar-refractivity contribution in [2.45, 2.75) is 71.3 Å². The first-order valence-electron chi connectivity index (χ1n) is 7.41. The highest BCUT2D eigenvalue weighted by molar-refractivity contribution is 6.76. The summed E-state index contributed by atoms with van der Waals surface area (Å²) in [6.07, 6.45) is 1.47. The molecule has 1 aromatic rings. The maximum atomic E-state index is 6.03. The number of ether oxygens (including phenoxy) is 1. The lowest BCUT2D eigenvalue weighted by Crippen LogP contribution is -2.28. The predicted molar refractivity (Wildman–Crippen MR) is 88.0 cm³/mol. The lowest BCUT2D eigenvalue weighted by Gasteiger charge is -2.25. The van der Waals surface area contributed by atoms with E-state index in [2.05, 4.69) is 71.6 Å². The minimum absolute atomic E-state index is 0.252. The molecule has 0 aromatic heterocycles. The van der Waals surface area contributed by atoms with Crippen molar-refractivity contribution in [3.63, 3.8) is 0 Å². The molecule has 0 saturated carbocycles. The van der Waals surface area contributed by atoms with E-state index in [0.717, 1.165) is 12.2 Å². The minimum Gasteiger partial charge on any atom is -0.491 e. The SMILES string of the molecule is CCC(C)(C)c1ccc(OC(C)C[Si](C)(C)C)cc1. The monoisotopic (exact) mass is 278 g/mol. The summed E-state index contributed by atoms with van der Waals surface area (Å²) in [6, 6.07) is 9.86. The lowest BCUT2D eigenvalue weighted by atomic mass is 9.82. The smallest absolute Gasteiger partial charge is 0.119 e. The van der Waals surface area contributed by atoms with E-state index in [1.54, 1.807) is 0 Å². The zero-order chi connectivity index (χ0) is 14.7. The fourth-order valence-electron chi connectivity index (χ4n) is 2.33. The van der Waals surface area contributed by atoms with E-state index in [4.69, 9.17) is 4.74 Å². The van der Waals surface area contributed by atoms with E-state index in [9.17, 15) is 0 Å². The molecule has 1 atom stereocenters. The van der Waals surface area contributed by atoms with Gasteiger partial charge in [0.2, 0.25) is 0 Å². The molecule has 108 valence electrons. The Kier molecular flexibility index (Phi) is 5.25. The number of hydrogen-bond donors (Lipinski definition) is 0. The van der Waals surface area contributed by atoms with Gasteiger partial charge in [-0.15, -0.1) is 0 Å². The summed E-state index contributed by atoms with van der Waals surface area (Å²) < 4.78 is 6.03. The van der Waals surface area contributed by atoms with Crippen LogP contribution in [0, 0.1) is 0 Å². The first kappa shape index (κ1) is 16.3. The van der Waals surface area contributed by atoms with Crippen molar-refractivity contribution in [2.75, 3.05) is 0 Å². The lowest BCUT2D eigenvalue weighted by molar-refractivity contribution is 0.240. The molecule has 0 radical (unpaired) electrons. The van der Waals surface area contributed by atoms with E-state index >= 15 is 0 Å². The zero-order valence-corrected chi connectivity index (χ0v) is 14.7. The van der Waals surface area contributed by atoms with Gasteiger partial charge >= 0.3 is 0 Å². The van der Waals surface area contributed by atoms with E-state index in [-0.39, 0.29) is 5.41 Å². The van der Waals surface area contributed by atoms with E-state index in [0.29, 0.717) is 6.10 Å². The van der Waals surface area contributed by atoms with Gasteiger partial charge in [-0.1, -0.05) is 52.5 Å². The average Bonchev–Trinajstić information content (AvgIpc) is 2.27. The van der Waals surface area contributed by atoms with Gasteiger partial charge in [0, 0.05) is 8.07 Å². The van der Waals surface area contributed by atoms with Gasteiger partial charge in [-0.25, -0.2) is 0 Å². The summed E-state index contributed by atoms with van der Waals surface area (Å²) >= 11 is 0. The van der Waals surface area contributed by atoms with Crippen LogP contribution in [-0.4, -0.2) is 14.2 Å². The van der Waals surface area contributed by atoms with Crippen LogP contribution in [0.2, 0.25) is 25.7 Å². The highest BCUT2D eigenvalue weighted by Crippen LogP contribution is 2.28. The maximum Gasteiger partial charge on any atom is 0.119 e. The van der Waals surface area contributed by atoms with Crippen molar-refractivity contribution >= 4 is 8.07 Å². The second kappa shape index (κ2) is 6.13. The highest BCUT2D eigenvalue weighted by atomic mass is 28.3. The molecular weight excluding hydrogens is 248 g/mol. The highest BCUT2D eigenvalue weighted by Gasteiger charge is 2.20. The van der Waals surface area contributed by atoms with Gasteiger partial charge < -0.3 is 4.74 Å². The summed E-state index contributed by atoms with van der Waals surface area (Å²) in [5.74, 6) is 1.00. The third-order valence-corrected chi connectivity index (χ3v) is 5.56. The average molecular weight is 279 g/mol. The Hall–Kier alpha value is -0.763. The Morgan fingerprint density at radius 3 is 2.05 bits per heavy atom. The van der Waals surface area contributed by atoms with Gasteiger partial charge in [-0.3, -0.25) is 0 Å². The molecule has 0 N–H and O–H groups in total. The molecule has 1 unspecified atom stereocenters. The fraction of sp³-hybridized carbons (Fsp3) is 0.647. The minimum atomic E-state index is -1.05. The molecule has 0 bridgehead atoms. The molecule has 0 heterocycles. The van der Waals surface area contributed by atoms with Gasteiger partial charge in [0.1, 0.15) is 5.75 Å². The topological polar surface area (TPSA) is 9.23 Å². The van der Waals surface area contributed by atoms with Crippen LogP contribution >= 0.6 is 0 Å². The van der Waals surface area contributed by atoms with Crippen LogP contribution in [0.3, 0.4) is 0 Å². The van der Waals surface area contributed by atoms with Gasteiger partial charge in [0.25, 0.3) is 0 Å². The number of benzene rings is 1. The van der Waals surface area contributed by atoms with Crippen LogP contribution < -0.4 is 4.74 Å². The molecule has 0 aliphatic carbocycles. The van der Waals surface area contributed by atoms with Crippen LogP contribution in [0.15, 0.2) is 24.3 Å². The number of rotatable bonds is 6. The summed E-state index contributed by atoms with van der Waals surface area (Å²) in [7, 11) is -1.05. The first-order valence-corrected chi connectivity index (χ1v) is 11.1. The second-order valence-corrected chi connectivity index (χ2v) is 13.0. The van der Waals surface area contributed by atoms with Crippen LogP contribution in [-0.2, 0) is 5.41 Å². The molecule has 19 heavy (non-hydrogen) atoms. The molecule has 0 aliphatic heterocycles. The Balaban J connectivity index is 2.67. The molecule has 0 saturated heterocycles. The molecule has 0 spiro atoms. The third-order valence-electron chi connectivity index (χ3n) is 3.76. The molecule has 1 aromatic carbocycles. The molecule has 0 fully saturated rings. The molecule has 1 nitrogen and oxygen atoms in total. The van der Waals surface area contributed by atoms with Crippen molar-refractivity contribution in [3.05, 3.63) is 29.8 Å². The van der Waals surface area contributed by atoms with E-state index < -0.39 is 8.07 Å². The Bertz CT molecular complexity index is 387. The molecule has 0 aliphatic rings. The van der Waals surface area contributed by atoms with Crippen LogP contribution in [0.1, 0.15) is 39.7 Å². The zero-order valence-electron chi connectivity index (χ0n) is 13.7. The maximum absolute atomic E-state index is 6.03. The van der Waals surface area contributed by atoms with Crippen molar-refractivity contribution in [1.82, 2.24) is 0 Å². The Morgan fingerprint density at radius 1 is 1.11 bits per heavy atom. The molecule has 0 amide bonds. The second-order valence-electron chi connectivity index (χ2n) is 7.46. The van der Waals surface area contributed by atoms with Crippen LogP contribution in [0.25, 0.3) is 0 Å². The summed E-state index contributed by atoms with van der Waals surface area (Å²) in [4.78, 5) is 0. The largest absolute Gasteiger partial charge is 0.491 e.